The largest absolute Gasteiger partial charge is 0.454 e. The highest BCUT2D eigenvalue weighted by atomic mass is 32.2. The monoisotopic (exact) mass is 443 g/mol. The number of allylic oxidation sites excluding steroid dienone is 1. The van der Waals surface area contributed by atoms with Crippen LogP contribution in [0.1, 0.15) is 13.2 Å². The number of anilines is 1. The number of ether oxygens (including phenoxy) is 2. The van der Waals surface area contributed by atoms with Gasteiger partial charge in [-0.15, -0.1) is 11.8 Å². The van der Waals surface area contributed by atoms with Gasteiger partial charge >= 0.3 is 5.97 Å². The van der Waals surface area contributed by atoms with Crippen LogP contribution in [0.3, 0.4) is 0 Å². The summed E-state index contributed by atoms with van der Waals surface area (Å²) in [6, 6.07) is 0. The fraction of sp³-hybridized carbons (Fsp3) is 0.400. The fourth-order valence-electron chi connectivity index (χ4n) is 4.03. The molecule has 4 N–H and O–H groups in total. The first-order valence-electron chi connectivity index (χ1n) is 9.78. The Morgan fingerprint density at radius 1 is 1.26 bits per heavy atom. The molecule has 1 aliphatic carbocycles. The summed E-state index contributed by atoms with van der Waals surface area (Å²) in [6.07, 6.45) is 6.12. The van der Waals surface area contributed by atoms with Crippen molar-refractivity contribution in [3.63, 3.8) is 0 Å². The van der Waals surface area contributed by atoms with E-state index in [1.165, 1.54) is 30.5 Å². The molecular formula is C20H21N5O5S. The van der Waals surface area contributed by atoms with Crippen molar-refractivity contribution < 1.29 is 24.5 Å². The molecule has 0 bridgehead atoms. The molecule has 2 aliphatic heterocycles. The minimum Gasteiger partial charge on any atom is -0.454 e. The number of aromatic nitrogens is 4. The predicted octanol–water partition coefficient (Wildman–Crippen LogP) is 0.702. The first-order valence-corrected chi connectivity index (χ1v) is 10.8. The minimum absolute atomic E-state index is 0.0468. The number of nitrogens with zero attached hydrogens (tertiary/aromatic N) is 4. The summed E-state index contributed by atoms with van der Waals surface area (Å²) in [6.45, 7) is 1.91. The van der Waals surface area contributed by atoms with Crippen LogP contribution < -0.4 is 5.73 Å². The van der Waals surface area contributed by atoms with Crippen molar-refractivity contribution in [3.05, 3.63) is 47.4 Å². The predicted molar refractivity (Wildman–Crippen MR) is 112 cm³/mol. The highest BCUT2D eigenvalue weighted by Gasteiger charge is 2.44. The van der Waals surface area contributed by atoms with Crippen molar-refractivity contribution in [2.24, 2.45) is 5.92 Å². The van der Waals surface area contributed by atoms with Crippen LogP contribution in [0, 0.1) is 5.92 Å². The molecule has 2 aromatic rings. The summed E-state index contributed by atoms with van der Waals surface area (Å²) in [4.78, 5) is 24.8. The van der Waals surface area contributed by atoms with Gasteiger partial charge in [0.15, 0.2) is 17.7 Å². The topological polar surface area (TPSA) is 146 Å². The van der Waals surface area contributed by atoms with Crippen molar-refractivity contribution in [2.45, 2.75) is 37.6 Å². The molecule has 2 aromatic heterocycles. The van der Waals surface area contributed by atoms with Crippen molar-refractivity contribution in [1.82, 2.24) is 19.5 Å². The molecule has 0 radical (unpaired) electrons. The van der Waals surface area contributed by atoms with E-state index in [1.54, 1.807) is 4.57 Å². The van der Waals surface area contributed by atoms with Crippen LogP contribution in [0.5, 0.6) is 0 Å². The van der Waals surface area contributed by atoms with Crippen molar-refractivity contribution in [1.29, 1.82) is 0 Å². The number of aliphatic hydroxyl groups is 2. The summed E-state index contributed by atoms with van der Waals surface area (Å²) >= 11 is 1.46. The van der Waals surface area contributed by atoms with Gasteiger partial charge in [-0.25, -0.2) is 19.7 Å². The smallest absolute Gasteiger partial charge is 0.331 e. The second-order valence-corrected chi connectivity index (χ2v) is 8.78. The lowest BCUT2D eigenvalue weighted by atomic mass is 9.89. The average molecular weight is 443 g/mol. The van der Waals surface area contributed by atoms with Gasteiger partial charge in [-0.2, -0.15) is 0 Å². The van der Waals surface area contributed by atoms with Gasteiger partial charge < -0.3 is 25.4 Å². The Morgan fingerprint density at radius 3 is 2.94 bits per heavy atom. The Kier molecular flexibility index (Phi) is 5.05. The zero-order valence-corrected chi connectivity index (χ0v) is 17.3. The maximum Gasteiger partial charge on any atom is 0.331 e. The number of hydrogen-bond acceptors (Lipinski definition) is 10. The zero-order valence-electron chi connectivity index (χ0n) is 16.5. The van der Waals surface area contributed by atoms with Gasteiger partial charge in [0.05, 0.1) is 12.4 Å². The maximum absolute atomic E-state index is 11.7. The van der Waals surface area contributed by atoms with Gasteiger partial charge in [0, 0.05) is 22.7 Å². The van der Waals surface area contributed by atoms with E-state index in [9.17, 15) is 15.0 Å². The molecular weight excluding hydrogens is 422 g/mol. The highest BCUT2D eigenvalue weighted by molar-refractivity contribution is 8.03. The van der Waals surface area contributed by atoms with Crippen LogP contribution in [0.2, 0.25) is 0 Å². The number of nitrogens with two attached hydrogens (primary N) is 1. The fourth-order valence-corrected chi connectivity index (χ4v) is 5.06. The van der Waals surface area contributed by atoms with Gasteiger partial charge in [0.25, 0.3) is 0 Å². The van der Waals surface area contributed by atoms with Gasteiger partial charge in [0.2, 0.25) is 0 Å². The number of fused-ring (bicyclic) bond motifs is 2. The normalized spacial score (nSPS) is 32.5. The number of rotatable bonds is 4. The second-order valence-electron chi connectivity index (χ2n) is 7.68. The van der Waals surface area contributed by atoms with Crippen LogP contribution in [0.15, 0.2) is 47.4 Å². The molecule has 10 nitrogen and oxygen atoms in total. The lowest BCUT2D eigenvalue weighted by molar-refractivity contribution is -0.143. The summed E-state index contributed by atoms with van der Waals surface area (Å²) < 4.78 is 12.9. The Hall–Kier alpha value is -2.73. The zero-order chi connectivity index (χ0) is 21.7. The number of nitrogen functional groups attached to an aromatic ring is 1. The van der Waals surface area contributed by atoms with Crippen LogP contribution >= 0.6 is 11.8 Å². The lowest BCUT2D eigenvalue weighted by Crippen LogP contribution is -2.33. The van der Waals surface area contributed by atoms with E-state index in [-0.39, 0.29) is 23.8 Å². The van der Waals surface area contributed by atoms with Crippen molar-refractivity contribution >= 4 is 34.7 Å². The SMILES string of the molecule is CC1=CC(=O)O[C@H]2C=C(SC[C@H]3OC(n4cnc5c(N)ncnc54)[C@H](O)[C@@H]3O)C=CC12. The van der Waals surface area contributed by atoms with Crippen molar-refractivity contribution in [2.75, 3.05) is 11.5 Å². The molecule has 1 fully saturated rings. The van der Waals surface area contributed by atoms with E-state index in [0.29, 0.717) is 16.9 Å². The lowest BCUT2D eigenvalue weighted by Gasteiger charge is -2.29. The van der Waals surface area contributed by atoms with Crippen molar-refractivity contribution in [3.8, 4) is 0 Å². The molecule has 5 rings (SSSR count). The van der Waals surface area contributed by atoms with Crippen LogP contribution in [-0.4, -0.2) is 65.9 Å². The highest BCUT2D eigenvalue weighted by Crippen LogP contribution is 2.37. The summed E-state index contributed by atoms with van der Waals surface area (Å²) in [7, 11) is 0. The molecule has 11 heteroatoms. The number of esters is 1. The molecule has 0 amide bonds. The minimum atomic E-state index is -1.16. The molecule has 3 aliphatic rings. The molecule has 2 unspecified atom stereocenters. The van der Waals surface area contributed by atoms with E-state index >= 15 is 0 Å². The Bertz CT molecular complexity index is 1130. The van der Waals surface area contributed by atoms with Crippen LogP contribution in [0.4, 0.5) is 5.82 Å². The molecule has 4 heterocycles. The van der Waals surface area contributed by atoms with Gasteiger partial charge in [-0.05, 0) is 13.0 Å². The molecule has 162 valence electrons. The average Bonchev–Trinajstić information content (AvgIpc) is 3.29. The second kappa shape index (κ2) is 7.75. The third-order valence-corrected chi connectivity index (χ3v) is 6.79. The van der Waals surface area contributed by atoms with E-state index < -0.39 is 24.5 Å². The number of aliphatic hydroxyl groups excluding tert-OH is 2. The number of imidazole rings is 1. The molecule has 6 atom stereocenters. The Balaban J connectivity index is 1.28. The van der Waals surface area contributed by atoms with E-state index in [0.717, 1.165) is 10.5 Å². The van der Waals surface area contributed by atoms with E-state index in [1.807, 2.05) is 25.2 Å². The molecule has 31 heavy (non-hydrogen) atoms. The number of carbonyl (C=O) groups is 1. The van der Waals surface area contributed by atoms with Crippen LogP contribution in [-0.2, 0) is 14.3 Å². The van der Waals surface area contributed by atoms with Crippen LogP contribution in [0.25, 0.3) is 11.2 Å². The summed E-state index contributed by atoms with van der Waals surface area (Å²) in [5.41, 5.74) is 7.62. The maximum atomic E-state index is 11.7. The standard InChI is InChI=1S/C20H21N5O5S/c1-9-4-14(26)29-12-5-10(2-3-11(9)12)31-6-13-16(27)17(28)20(30-13)25-8-24-15-18(21)22-7-23-19(15)25/h2-5,7-8,11-13,16-17,20,27-28H,6H2,1H3,(H2,21,22,23)/t11?,12-,13+,16+,17+,20?/m0/s1. The first-order chi connectivity index (χ1) is 14.9. The molecule has 0 saturated carbocycles. The number of hydrogen-bond donors (Lipinski definition) is 3. The third kappa shape index (κ3) is 3.53. The number of carbonyl (C=O) groups excluding carboxylic acids is 1. The molecule has 1 saturated heterocycles. The first kappa shape index (κ1) is 20.2. The van der Waals surface area contributed by atoms with E-state index in [2.05, 4.69) is 15.0 Å². The summed E-state index contributed by atoms with van der Waals surface area (Å²) in [5.74, 6) is 0.332. The summed E-state index contributed by atoms with van der Waals surface area (Å²) in [5, 5.41) is 21.1. The van der Waals surface area contributed by atoms with Gasteiger partial charge in [0.1, 0.15) is 30.2 Å². The number of thioether (sulfide) groups is 1. The molecule has 0 spiro atoms. The van der Waals surface area contributed by atoms with Gasteiger partial charge in [-0.1, -0.05) is 17.7 Å². The third-order valence-electron chi connectivity index (χ3n) is 5.69. The Labute approximate surface area is 181 Å². The van der Waals surface area contributed by atoms with Gasteiger partial charge in [-0.3, -0.25) is 4.57 Å². The quantitative estimate of drug-likeness (QED) is 0.577. The molecule has 0 aromatic carbocycles. The van der Waals surface area contributed by atoms with E-state index in [4.69, 9.17) is 15.2 Å². The Morgan fingerprint density at radius 2 is 2.10 bits per heavy atom.